The van der Waals surface area contributed by atoms with Crippen LogP contribution in [0.25, 0.3) is 11.4 Å². The van der Waals surface area contributed by atoms with Crippen LogP contribution in [0.3, 0.4) is 0 Å². The average Bonchev–Trinajstić information content (AvgIpc) is 2.66. The van der Waals surface area contributed by atoms with E-state index in [9.17, 15) is 14.0 Å². The lowest BCUT2D eigenvalue weighted by Gasteiger charge is -2.15. The van der Waals surface area contributed by atoms with E-state index in [0.717, 1.165) is 16.8 Å². The molecule has 144 valence electrons. The molecule has 0 fully saturated rings. The summed E-state index contributed by atoms with van der Waals surface area (Å²) in [4.78, 5) is 29.8. The molecular formula is C22H22FN3O2. The Kier molecular flexibility index (Phi) is 5.68. The minimum absolute atomic E-state index is 0.213. The molecule has 0 radical (unpaired) electrons. The molecule has 0 unspecified atom stereocenters. The van der Waals surface area contributed by atoms with Gasteiger partial charge in [0.15, 0.2) is 0 Å². The largest absolute Gasteiger partial charge is 0.324 e. The van der Waals surface area contributed by atoms with E-state index in [1.807, 2.05) is 39.0 Å². The van der Waals surface area contributed by atoms with Crippen LogP contribution < -0.4 is 10.9 Å². The van der Waals surface area contributed by atoms with Crippen LogP contribution in [0.15, 0.2) is 53.3 Å². The maximum atomic E-state index is 13.7. The van der Waals surface area contributed by atoms with Gasteiger partial charge >= 0.3 is 0 Å². The van der Waals surface area contributed by atoms with Gasteiger partial charge in [0.05, 0.1) is 0 Å². The monoisotopic (exact) mass is 379 g/mol. The number of nitrogens with one attached hydrogen (secondary N) is 1. The van der Waals surface area contributed by atoms with E-state index in [4.69, 9.17) is 0 Å². The van der Waals surface area contributed by atoms with E-state index in [-0.39, 0.29) is 23.8 Å². The number of amides is 1. The number of hydrogen-bond acceptors (Lipinski definition) is 3. The summed E-state index contributed by atoms with van der Waals surface area (Å²) >= 11 is 0. The van der Waals surface area contributed by atoms with Crippen LogP contribution in [0.5, 0.6) is 0 Å². The predicted octanol–water partition coefficient (Wildman–Crippen LogP) is 3.87. The summed E-state index contributed by atoms with van der Waals surface area (Å²) in [7, 11) is 0. The second kappa shape index (κ2) is 8.17. The van der Waals surface area contributed by atoms with Crippen molar-refractivity contribution in [3.8, 4) is 11.4 Å². The molecule has 0 aliphatic carbocycles. The molecule has 1 heterocycles. The Labute approximate surface area is 162 Å². The van der Waals surface area contributed by atoms with Crippen molar-refractivity contribution in [3.63, 3.8) is 0 Å². The first-order valence-corrected chi connectivity index (χ1v) is 9.11. The van der Waals surface area contributed by atoms with Crippen LogP contribution in [0, 0.1) is 19.7 Å². The third kappa shape index (κ3) is 4.17. The Morgan fingerprint density at radius 2 is 1.79 bits per heavy atom. The summed E-state index contributed by atoms with van der Waals surface area (Å²) in [5.74, 6) is -0.496. The van der Waals surface area contributed by atoms with Gasteiger partial charge in [-0.15, -0.1) is 0 Å². The van der Waals surface area contributed by atoms with Gasteiger partial charge in [-0.3, -0.25) is 14.2 Å². The number of para-hydroxylation sites is 1. The molecule has 1 amide bonds. The Balaban J connectivity index is 1.99. The summed E-state index contributed by atoms with van der Waals surface area (Å²) in [5, 5.41) is 2.87. The number of halogens is 1. The van der Waals surface area contributed by atoms with Crippen molar-refractivity contribution in [1.82, 2.24) is 9.55 Å². The number of carbonyl (C=O) groups excluding carboxylic acids is 1. The predicted molar refractivity (Wildman–Crippen MR) is 108 cm³/mol. The fourth-order valence-electron chi connectivity index (χ4n) is 3.07. The van der Waals surface area contributed by atoms with E-state index in [2.05, 4.69) is 10.3 Å². The molecular weight excluding hydrogens is 357 g/mol. The number of hydrogen-bond donors (Lipinski definition) is 1. The highest BCUT2D eigenvalue weighted by molar-refractivity contribution is 5.92. The molecule has 28 heavy (non-hydrogen) atoms. The van der Waals surface area contributed by atoms with Crippen molar-refractivity contribution in [1.29, 1.82) is 0 Å². The standard InChI is InChI=1S/C22H22FN3O2/c1-4-18-12-20(28)26(22(24-18)16-9-6-10-17(23)11-16)13-19(27)25-21-14(2)7-5-8-15(21)3/h5-12H,4,13H2,1-3H3,(H,25,27). The molecule has 3 aromatic rings. The summed E-state index contributed by atoms with van der Waals surface area (Å²) in [5.41, 5.74) is 3.30. The van der Waals surface area contributed by atoms with Gasteiger partial charge in [0.1, 0.15) is 18.2 Å². The average molecular weight is 379 g/mol. The SMILES string of the molecule is CCc1cc(=O)n(CC(=O)Nc2c(C)cccc2C)c(-c2cccc(F)c2)n1. The molecule has 0 spiro atoms. The van der Waals surface area contributed by atoms with Crippen LogP contribution in [-0.4, -0.2) is 15.5 Å². The number of carbonyl (C=O) groups is 1. The zero-order valence-corrected chi connectivity index (χ0v) is 16.1. The van der Waals surface area contributed by atoms with Crippen LogP contribution in [0.4, 0.5) is 10.1 Å². The molecule has 0 atom stereocenters. The van der Waals surface area contributed by atoms with Gasteiger partial charge in [0, 0.05) is 23.0 Å². The van der Waals surface area contributed by atoms with E-state index in [0.29, 0.717) is 17.7 Å². The first-order chi connectivity index (χ1) is 13.4. The molecule has 0 aliphatic rings. The van der Waals surface area contributed by atoms with E-state index >= 15 is 0 Å². The fourth-order valence-corrected chi connectivity index (χ4v) is 3.07. The highest BCUT2D eigenvalue weighted by atomic mass is 19.1. The smallest absolute Gasteiger partial charge is 0.254 e. The maximum Gasteiger partial charge on any atom is 0.254 e. The number of rotatable bonds is 5. The quantitative estimate of drug-likeness (QED) is 0.732. The Hall–Kier alpha value is -3.28. The molecule has 0 aliphatic heterocycles. The van der Waals surface area contributed by atoms with Crippen LogP contribution in [0.1, 0.15) is 23.7 Å². The molecule has 0 saturated carbocycles. The second-order valence-corrected chi connectivity index (χ2v) is 6.67. The van der Waals surface area contributed by atoms with Crippen molar-refractivity contribution < 1.29 is 9.18 Å². The summed E-state index contributed by atoms with van der Waals surface area (Å²) in [6.45, 7) is 5.49. The summed E-state index contributed by atoms with van der Waals surface area (Å²) < 4.78 is 15.0. The van der Waals surface area contributed by atoms with Gasteiger partial charge in [-0.2, -0.15) is 0 Å². The highest BCUT2D eigenvalue weighted by Gasteiger charge is 2.15. The fraction of sp³-hybridized carbons (Fsp3) is 0.227. The van der Waals surface area contributed by atoms with Crippen LogP contribution in [0.2, 0.25) is 0 Å². The van der Waals surface area contributed by atoms with E-state index < -0.39 is 5.82 Å². The van der Waals surface area contributed by atoms with Crippen molar-refractivity contribution >= 4 is 11.6 Å². The normalized spacial score (nSPS) is 10.7. The molecule has 1 aromatic heterocycles. The minimum atomic E-state index is -0.430. The topological polar surface area (TPSA) is 64.0 Å². The van der Waals surface area contributed by atoms with Crippen LogP contribution >= 0.6 is 0 Å². The molecule has 3 rings (SSSR count). The van der Waals surface area contributed by atoms with E-state index in [1.54, 1.807) is 12.1 Å². The lowest BCUT2D eigenvalue weighted by molar-refractivity contribution is -0.116. The van der Waals surface area contributed by atoms with Crippen molar-refractivity contribution in [2.75, 3.05) is 5.32 Å². The molecule has 6 heteroatoms. The lowest BCUT2D eigenvalue weighted by atomic mass is 10.1. The third-order valence-corrected chi connectivity index (χ3v) is 4.55. The van der Waals surface area contributed by atoms with Gasteiger partial charge in [0.25, 0.3) is 5.56 Å². The first kappa shape index (κ1) is 19.5. The van der Waals surface area contributed by atoms with Crippen molar-refractivity contribution in [3.05, 3.63) is 81.5 Å². The molecule has 2 aromatic carbocycles. The van der Waals surface area contributed by atoms with Gasteiger partial charge in [-0.25, -0.2) is 9.37 Å². The molecule has 1 N–H and O–H groups in total. The number of nitrogens with zero attached hydrogens (tertiary/aromatic N) is 2. The Morgan fingerprint density at radius 1 is 1.11 bits per heavy atom. The van der Waals surface area contributed by atoms with Gasteiger partial charge < -0.3 is 5.32 Å². The molecule has 5 nitrogen and oxygen atoms in total. The minimum Gasteiger partial charge on any atom is -0.324 e. The Bertz CT molecular complexity index is 1070. The number of aryl methyl sites for hydroxylation is 3. The lowest BCUT2D eigenvalue weighted by Crippen LogP contribution is -2.30. The van der Waals surface area contributed by atoms with Gasteiger partial charge in [0.2, 0.25) is 5.91 Å². The molecule has 0 saturated heterocycles. The van der Waals surface area contributed by atoms with Gasteiger partial charge in [-0.1, -0.05) is 37.3 Å². The molecule has 0 bridgehead atoms. The number of anilines is 1. The van der Waals surface area contributed by atoms with Crippen LogP contribution in [-0.2, 0) is 17.8 Å². The third-order valence-electron chi connectivity index (χ3n) is 4.55. The zero-order chi connectivity index (χ0) is 20.3. The summed E-state index contributed by atoms with van der Waals surface area (Å²) in [6.07, 6.45) is 0.562. The first-order valence-electron chi connectivity index (χ1n) is 9.11. The second-order valence-electron chi connectivity index (χ2n) is 6.67. The van der Waals surface area contributed by atoms with E-state index in [1.165, 1.54) is 22.8 Å². The van der Waals surface area contributed by atoms with Gasteiger partial charge in [-0.05, 0) is 43.5 Å². The number of benzene rings is 2. The maximum absolute atomic E-state index is 13.7. The highest BCUT2D eigenvalue weighted by Crippen LogP contribution is 2.20. The summed E-state index contributed by atoms with van der Waals surface area (Å²) in [6, 6.07) is 13.0. The Morgan fingerprint density at radius 3 is 2.43 bits per heavy atom. The zero-order valence-electron chi connectivity index (χ0n) is 16.1. The van der Waals surface area contributed by atoms with Crippen molar-refractivity contribution in [2.24, 2.45) is 0 Å². The van der Waals surface area contributed by atoms with Crippen molar-refractivity contribution in [2.45, 2.75) is 33.7 Å². The number of aromatic nitrogens is 2.